The lowest BCUT2D eigenvalue weighted by Gasteiger charge is -2.17. The minimum Gasteiger partial charge on any atom is -0.506 e. The Morgan fingerprint density at radius 1 is 0.781 bits per heavy atom. The average Bonchev–Trinajstić information content (AvgIpc) is 2.72. The highest BCUT2D eigenvalue weighted by Crippen LogP contribution is 2.43. The van der Waals surface area contributed by atoms with E-state index in [1.54, 1.807) is 12.1 Å². The van der Waals surface area contributed by atoms with Crippen LogP contribution in [0, 0.1) is 27.7 Å². The fraction of sp³-hybridized carbons (Fsp3) is 0.154. The molecule has 0 aliphatic rings. The van der Waals surface area contributed by atoms with Crippen LogP contribution in [0.4, 0.5) is 5.69 Å². The molecule has 0 heterocycles. The van der Waals surface area contributed by atoms with Crippen molar-refractivity contribution in [1.29, 1.82) is 0 Å². The van der Waals surface area contributed by atoms with Crippen LogP contribution >= 0.6 is 11.8 Å². The second-order valence-electron chi connectivity index (χ2n) is 8.06. The highest BCUT2D eigenvalue weighted by atomic mass is 32.2. The van der Waals surface area contributed by atoms with Crippen molar-refractivity contribution in [2.24, 2.45) is 0 Å². The van der Waals surface area contributed by atoms with E-state index in [1.807, 2.05) is 82.3 Å². The van der Waals surface area contributed by atoms with Gasteiger partial charge in [-0.15, -0.1) is 0 Å². The first-order chi connectivity index (χ1) is 15.2. The van der Waals surface area contributed by atoms with Crippen molar-refractivity contribution in [1.82, 2.24) is 0 Å². The van der Waals surface area contributed by atoms with Gasteiger partial charge >= 0.3 is 0 Å². The number of hydrogen-bond donors (Lipinski definition) is 2. The Kier molecular flexibility index (Phi) is 5.93. The molecule has 0 radical (unpaired) electrons. The van der Waals surface area contributed by atoms with Crippen LogP contribution in [0.25, 0.3) is 10.8 Å². The van der Waals surface area contributed by atoms with Gasteiger partial charge in [-0.2, -0.15) is 0 Å². The van der Waals surface area contributed by atoms with Crippen molar-refractivity contribution in [3.63, 3.8) is 0 Å². The number of rotatable bonds is 5. The molecule has 0 aliphatic carbocycles. The highest BCUT2D eigenvalue weighted by Gasteiger charge is 2.22. The normalized spacial score (nSPS) is 11.6. The van der Waals surface area contributed by atoms with Crippen LogP contribution in [0.1, 0.15) is 22.3 Å². The molecule has 0 aromatic heterocycles. The summed E-state index contributed by atoms with van der Waals surface area (Å²) in [6, 6.07) is 20.7. The Balaban J connectivity index is 1.83. The molecule has 6 heteroatoms. The fourth-order valence-corrected chi connectivity index (χ4v) is 6.45. The van der Waals surface area contributed by atoms with Crippen molar-refractivity contribution in [3.05, 3.63) is 89.0 Å². The summed E-state index contributed by atoms with van der Waals surface area (Å²) in [5.41, 5.74) is 4.01. The quantitative estimate of drug-likeness (QED) is 0.322. The lowest BCUT2D eigenvalue weighted by Crippen LogP contribution is -2.16. The SMILES string of the molecule is Cc1ccc(Sc2cc(NS(=O)(=O)c3c(C)cc(C)cc3C)c3ccccc3c2O)cc1. The molecule has 4 aromatic rings. The molecule has 164 valence electrons. The van der Waals surface area contributed by atoms with E-state index >= 15 is 0 Å². The van der Waals surface area contributed by atoms with Crippen LogP contribution in [-0.4, -0.2) is 13.5 Å². The van der Waals surface area contributed by atoms with Gasteiger partial charge in [0.25, 0.3) is 10.0 Å². The predicted molar refractivity (Wildman–Crippen MR) is 132 cm³/mol. The molecule has 0 spiro atoms. The van der Waals surface area contributed by atoms with E-state index in [9.17, 15) is 13.5 Å². The number of benzene rings is 4. The van der Waals surface area contributed by atoms with E-state index in [2.05, 4.69) is 4.72 Å². The van der Waals surface area contributed by atoms with Gasteiger partial charge in [0.2, 0.25) is 0 Å². The standard InChI is InChI=1S/C26H25NO3S2/c1-16-9-11-20(12-10-16)31-24-15-23(21-7-5-6-8-22(21)25(24)28)27-32(29,30)26-18(3)13-17(2)14-19(26)4/h5-15,27-28H,1-4H3. The first-order valence-corrected chi connectivity index (χ1v) is 12.6. The minimum absolute atomic E-state index is 0.136. The summed E-state index contributed by atoms with van der Waals surface area (Å²) in [4.78, 5) is 1.83. The van der Waals surface area contributed by atoms with Gasteiger partial charge in [0.05, 0.1) is 15.5 Å². The molecule has 0 saturated carbocycles. The zero-order valence-corrected chi connectivity index (χ0v) is 20.1. The fourth-order valence-electron chi connectivity index (χ4n) is 4.02. The molecule has 0 saturated heterocycles. The van der Waals surface area contributed by atoms with E-state index in [4.69, 9.17) is 0 Å². The molecule has 4 nitrogen and oxygen atoms in total. The molecular formula is C26H25NO3S2. The van der Waals surface area contributed by atoms with Crippen molar-refractivity contribution < 1.29 is 13.5 Å². The second kappa shape index (κ2) is 8.52. The Hall–Kier alpha value is -2.96. The van der Waals surface area contributed by atoms with Crippen LogP contribution in [0.2, 0.25) is 0 Å². The number of phenolic OH excluding ortho intramolecular Hbond substituents is 1. The van der Waals surface area contributed by atoms with Crippen LogP contribution < -0.4 is 4.72 Å². The van der Waals surface area contributed by atoms with Gasteiger partial charge in [0, 0.05) is 15.7 Å². The van der Waals surface area contributed by atoms with Crippen LogP contribution in [0.3, 0.4) is 0 Å². The van der Waals surface area contributed by atoms with Gasteiger partial charge in [0.1, 0.15) is 5.75 Å². The van der Waals surface area contributed by atoms with E-state index in [-0.39, 0.29) is 10.6 Å². The van der Waals surface area contributed by atoms with Crippen molar-refractivity contribution in [2.75, 3.05) is 4.72 Å². The summed E-state index contributed by atoms with van der Waals surface area (Å²) in [6.07, 6.45) is 0. The summed E-state index contributed by atoms with van der Waals surface area (Å²) in [6.45, 7) is 7.58. The first-order valence-electron chi connectivity index (χ1n) is 10.3. The van der Waals surface area contributed by atoms with E-state index in [0.29, 0.717) is 32.5 Å². The van der Waals surface area contributed by atoms with Gasteiger partial charge < -0.3 is 5.11 Å². The van der Waals surface area contributed by atoms with Gasteiger partial charge in [-0.1, -0.05) is 71.4 Å². The van der Waals surface area contributed by atoms with Gasteiger partial charge in [-0.25, -0.2) is 8.42 Å². The molecule has 4 aromatic carbocycles. The Morgan fingerprint density at radius 3 is 2.00 bits per heavy atom. The number of aromatic hydroxyl groups is 1. The molecule has 0 aliphatic heterocycles. The molecule has 0 amide bonds. The van der Waals surface area contributed by atoms with E-state index in [1.165, 1.54) is 11.8 Å². The molecule has 0 unspecified atom stereocenters. The number of nitrogens with one attached hydrogen (secondary N) is 1. The Bertz CT molecular complexity index is 1400. The van der Waals surface area contributed by atoms with Crippen LogP contribution in [-0.2, 0) is 10.0 Å². The summed E-state index contributed by atoms with van der Waals surface area (Å²) in [5.74, 6) is 0.136. The van der Waals surface area contributed by atoms with Gasteiger partial charge in [-0.05, 0) is 57.0 Å². The number of phenols is 1. The van der Waals surface area contributed by atoms with Crippen molar-refractivity contribution >= 4 is 38.2 Å². The van der Waals surface area contributed by atoms with E-state index in [0.717, 1.165) is 16.0 Å². The maximum absolute atomic E-state index is 13.4. The predicted octanol–water partition coefficient (Wildman–Crippen LogP) is 6.73. The molecule has 0 atom stereocenters. The Morgan fingerprint density at radius 2 is 1.38 bits per heavy atom. The zero-order chi connectivity index (χ0) is 23.0. The molecule has 2 N–H and O–H groups in total. The number of anilines is 1. The van der Waals surface area contributed by atoms with Crippen molar-refractivity contribution in [2.45, 2.75) is 42.4 Å². The van der Waals surface area contributed by atoms with Crippen LogP contribution in [0.5, 0.6) is 5.75 Å². The van der Waals surface area contributed by atoms with Crippen LogP contribution in [0.15, 0.2) is 81.4 Å². The van der Waals surface area contributed by atoms with Gasteiger partial charge in [-0.3, -0.25) is 4.72 Å². The largest absolute Gasteiger partial charge is 0.506 e. The number of hydrogen-bond acceptors (Lipinski definition) is 4. The lowest BCUT2D eigenvalue weighted by atomic mass is 10.1. The molecule has 0 bridgehead atoms. The number of fused-ring (bicyclic) bond motifs is 1. The molecule has 32 heavy (non-hydrogen) atoms. The topological polar surface area (TPSA) is 66.4 Å². The zero-order valence-electron chi connectivity index (χ0n) is 18.4. The van der Waals surface area contributed by atoms with E-state index < -0.39 is 10.0 Å². The third-order valence-corrected chi connectivity index (χ3v) is 8.06. The second-order valence-corrected chi connectivity index (χ2v) is 10.8. The lowest BCUT2D eigenvalue weighted by molar-refractivity contribution is 0.469. The number of sulfonamides is 1. The highest BCUT2D eigenvalue weighted by molar-refractivity contribution is 7.99. The molecule has 4 rings (SSSR count). The summed E-state index contributed by atoms with van der Waals surface area (Å²) < 4.78 is 29.6. The van der Waals surface area contributed by atoms with Gasteiger partial charge in [0.15, 0.2) is 0 Å². The maximum atomic E-state index is 13.4. The monoisotopic (exact) mass is 463 g/mol. The number of aryl methyl sites for hydroxylation is 4. The summed E-state index contributed by atoms with van der Waals surface area (Å²) >= 11 is 1.40. The van der Waals surface area contributed by atoms with Crippen molar-refractivity contribution in [3.8, 4) is 5.75 Å². The smallest absolute Gasteiger partial charge is 0.262 e. The summed E-state index contributed by atoms with van der Waals surface area (Å²) in [7, 11) is -3.83. The average molecular weight is 464 g/mol. The third-order valence-electron chi connectivity index (χ3n) is 5.35. The summed E-state index contributed by atoms with van der Waals surface area (Å²) in [5, 5.41) is 12.2. The third kappa shape index (κ3) is 4.33. The molecule has 0 fully saturated rings. The first kappa shape index (κ1) is 22.2. The molecular weight excluding hydrogens is 438 g/mol. The minimum atomic E-state index is -3.83. The Labute approximate surface area is 193 Å². The maximum Gasteiger partial charge on any atom is 0.262 e.